The van der Waals surface area contributed by atoms with Gasteiger partial charge in [0.1, 0.15) is 22.3 Å². The smallest absolute Gasteiger partial charge is 0.284 e. The number of amidine groups is 1. The van der Waals surface area contributed by atoms with Gasteiger partial charge in [-0.15, -0.1) is 10.2 Å². The second-order valence-corrected chi connectivity index (χ2v) is 6.78. The summed E-state index contributed by atoms with van der Waals surface area (Å²) in [5.41, 5.74) is 2.10. The number of aliphatic imine (C=N–C) groups is 1. The molecular formula is C20H16N4O2S. The van der Waals surface area contributed by atoms with Crippen molar-refractivity contribution in [1.82, 2.24) is 10.2 Å². The lowest BCUT2D eigenvalue weighted by Gasteiger charge is -2.10. The standard InChI is InChI=1S/C20H16N4O2S/c1-13-21-16(12-15-10-6-7-11-17(15)26-2)19(25)24(13)20-23-22-18(27-20)14-8-4-3-5-9-14/h3-12H,1-2H3/b16-12-. The van der Waals surface area contributed by atoms with E-state index in [0.717, 1.165) is 16.1 Å². The van der Waals surface area contributed by atoms with Gasteiger partial charge in [0.2, 0.25) is 5.13 Å². The van der Waals surface area contributed by atoms with Crippen LogP contribution in [0.15, 0.2) is 65.3 Å². The minimum absolute atomic E-state index is 0.228. The third-order valence-corrected chi connectivity index (χ3v) is 5.04. The molecule has 0 unspecified atom stereocenters. The Morgan fingerprint density at radius 1 is 1.04 bits per heavy atom. The molecule has 0 N–H and O–H groups in total. The molecule has 1 amide bonds. The van der Waals surface area contributed by atoms with E-state index in [1.165, 1.54) is 16.2 Å². The quantitative estimate of drug-likeness (QED) is 0.645. The van der Waals surface area contributed by atoms with E-state index in [4.69, 9.17) is 4.74 Å². The molecule has 0 aliphatic carbocycles. The van der Waals surface area contributed by atoms with Gasteiger partial charge in [0, 0.05) is 11.1 Å². The number of anilines is 1. The average molecular weight is 376 g/mol. The van der Waals surface area contributed by atoms with E-state index >= 15 is 0 Å². The van der Waals surface area contributed by atoms with Crippen molar-refractivity contribution in [3.05, 3.63) is 65.9 Å². The topological polar surface area (TPSA) is 67.7 Å². The number of ether oxygens (including phenoxy) is 1. The molecule has 0 bridgehead atoms. The highest BCUT2D eigenvalue weighted by Gasteiger charge is 2.31. The van der Waals surface area contributed by atoms with Gasteiger partial charge < -0.3 is 4.74 Å². The first kappa shape index (κ1) is 17.1. The van der Waals surface area contributed by atoms with Crippen molar-refractivity contribution < 1.29 is 9.53 Å². The van der Waals surface area contributed by atoms with E-state index in [-0.39, 0.29) is 5.91 Å². The van der Waals surface area contributed by atoms with E-state index in [1.807, 2.05) is 54.6 Å². The number of amides is 1. The third kappa shape index (κ3) is 3.24. The van der Waals surface area contributed by atoms with Crippen molar-refractivity contribution in [3.8, 4) is 16.3 Å². The Kier molecular flexibility index (Phi) is 4.52. The van der Waals surface area contributed by atoms with Crippen molar-refractivity contribution in [2.24, 2.45) is 4.99 Å². The molecule has 1 aromatic heterocycles. The van der Waals surface area contributed by atoms with E-state index in [9.17, 15) is 4.79 Å². The van der Waals surface area contributed by atoms with Gasteiger partial charge in [0.05, 0.1) is 7.11 Å². The Labute approximate surface area is 160 Å². The van der Waals surface area contributed by atoms with E-state index in [0.29, 0.717) is 22.4 Å². The molecular weight excluding hydrogens is 360 g/mol. The number of carbonyl (C=O) groups excluding carboxylic acids is 1. The summed E-state index contributed by atoms with van der Waals surface area (Å²) in [6, 6.07) is 17.2. The summed E-state index contributed by atoms with van der Waals surface area (Å²) in [7, 11) is 1.60. The zero-order valence-electron chi connectivity index (χ0n) is 14.8. The van der Waals surface area contributed by atoms with Crippen LogP contribution in [-0.4, -0.2) is 29.0 Å². The Bertz CT molecular complexity index is 1060. The van der Waals surface area contributed by atoms with Crippen molar-refractivity contribution in [2.75, 3.05) is 12.0 Å². The minimum atomic E-state index is -0.228. The van der Waals surface area contributed by atoms with Gasteiger partial charge in [-0.1, -0.05) is 59.9 Å². The molecule has 3 aromatic rings. The van der Waals surface area contributed by atoms with Gasteiger partial charge in [0.15, 0.2) is 0 Å². The number of hydrogen-bond donors (Lipinski definition) is 0. The SMILES string of the molecule is COc1ccccc1/C=C1\N=C(C)N(c2nnc(-c3ccccc3)s2)C1=O. The second kappa shape index (κ2) is 7.13. The van der Waals surface area contributed by atoms with Gasteiger partial charge in [-0.05, 0) is 19.1 Å². The maximum Gasteiger partial charge on any atom is 0.284 e. The van der Waals surface area contributed by atoms with Crippen molar-refractivity contribution in [1.29, 1.82) is 0 Å². The first-order valence-electron chi connectivity index (χ1n) is 8.31. The summed E-state index contributed by atoms with van der Waals surface area (Å²) >= 11 is 1.36. The molecule has 134 valence electrons. The first-order chi connectivity index (χ1) is 13.2. The van der Waals surface area contributed by atoms with Crippen LogP contribution in [0.4, 0.5) is 5.13 Å². The van der Waals surface area contributed by atoms with Crippen molar-refractivity contribution in [2.45, 2.75) is 6.92 Å². The lowest BCUT2D eigenvalue weighted by Crippen LogP contribution is -2.30. The molecule has 0 fully saturated rings. The van der Waals surface area contributed by atoms with E-state index in [1.54, 1.807) is 20.1 Å². The highest BCUT2D eigenvalue weighted by Crippen LogP contribution is 2.32. The Balaban J connectivity index is 1.65. The molecule has 0 radical (unpaired) electrons. The highest BCUT2D eigenvalue weighted by molar-refractivity contribution is 7.18. The first-order valence-corrected chi connectivity index (χ1v) is 9.12. The number of aromatic nitrogens is 2. The average Bonchev–Trinajstić information content (AvgIpc) is 3.28. The van der Waals surface area contributed by atoms with Crippen LogP contribution in [0.2, 0.25) is 0 Å². The predicted molar refractivity (Wildman–Crippen MR) is 107 cm³/mol. The van der Waals surface area contributed by atoms with E-state index in [2.05, 4.69) is 15.2 Å². The summed E-state index contributed by atoms with van der Waals surface area (Å²) in [6.45, 7) is 1.78. The number of carbonyl (C=O) groups is 1. The van der Waals surface area contributed by atoms with Crippen LogP contribution in [-0.2, 0) is 4.79 Å². The van der Waals surface area contributed by atoms with Crippen LogP contribution in [0.3, 0.4) is 0 Å². The molecule has 0 spiro atoms. The van der Waals surface area contributed by atoms with Crippen LogP contribution in [0.1, 0.15) is 12.5 Å². The number of rotatable bonds is 4. The maximum absolute atomic E-state index is 12.9. The Morgan fingerprint density at radius 3 is 2.56 bits per heavy atom. The van der Waals surface area contributed by atoms with Crippen molar-refractivity contribution >= 4 is 34.3 Å². The fourth-order valence-corrected chi connectivity index (χ4v) is 3.69. The third-order valence-electron chi connectivity index (χ3n) is 4.09. The van der Waals surface area contributed by atoms with Gasteiger partial charge in [0.25, 0.3) is 5.91 Å². The molecule has 1 aliphatic heterocycles. The molecule has 2 heterocycles. The molecule has 0 saturated heterocycles. The highest BCUT2D eigenvalue weighted by atomic mass is 32.1. The fraction of sp³-hybridized carbons (Fsp3) is 0.100. The zero-order chi connectivity index (χ0) is 18.8. The van der Waals surface area contributed by atoms with Gasteiger partial charge in [-0.3, -0.25) is 4.79 Å². The number of nitrogens with zero attached hydrogens (tertiary/aromatic N) is 4. The Hall–Kier alpha value is -3.32. The minimum Gasteiger partial charge on any atom is -0.496 e. The molecule has 27 heavy (non-hydrogen) atoms. The second-order valence-electron chi connectivity index (χ2n) is 5.83. The van der Waals surface area contributed by atoms with E-state index < -0.39 is 0 Å². The lowest BCUT2D eigenvalue weighted by atomic mass is 10.1. The normalized spacial score (nSPS) is 15.3. The number of hydrogen-bond acceptors (Lipinski definition) is 6. The summed E-state index contributed by atoms with van der Waals surface area (Å²) in [6.07, 6.45) is 1.73. The van der Waals surface area contributed by atoms with Crippen LogP contribution >= 0.6 is 11.3 Å². The van der Waals surface area contributed by atoms with Crippen molar-refractivity contribution in [3.63, 3.8) is 0 Å². The molecule has 7 heteroatoms. The summed E-state index contributed by atoms with van der Waals surface area (Å²) in [5.74, 6) is 1.03. The molecule has 2 aromatic carbocycles. The van der Waals surface area contributed by atoms with Gasteiger partial charge >= 0.3 is 0 Å². The van der Waals surface area contributed by atoms with Crippen LogP contribution in [0, 0.1) is 0 Å². The number of para-hydroxylation sites is 1. The molecule has 1 aliphatic rings. The summed E-state index contributed by atoms with van der Waals surface area (Å²) in [4.78, 5) is 18.8. The Morgan fingerprint density at radius 2 is 1.78 bits per heavy atom. The van der Waals surface area contributed by atoms with Crippen LogP contribution in [0.5, 0.6) is 5.75 Å². The van der Waals surface area contributed by atoms with Crippen LogP contribution in [0.25, 0.3) is 16.6 Å². The number of methoxy groups -OCH3 is 1. The predicted octanol–water partition coefficient (Wildman–Crippen LogP) is 4.02. The van der Waals surface area contributed by atoms with Crippen LogP contribution < -0.4 is 9.64 Å². The summed E-state index contributed by atoms with van der Waals surface area (Å²) < 4.78 is 5.34. The number of benzene rings is 2. The maximum atomic E-state index is 12.9. The molecule has 0 saturated carbocycles. The molecule has 6 nitrogen and oxygen atoms in total. The lowest BCUT2D eigenvalue weighted by molar-refractivity contribution is -0.113. The fourth-order valence-electron chi connectivity index (χ4n) is 2.79. The molecule has 0 atom stereocenters. The largest absolute Gasteiger partial charge is 0.496 e. The van der Waals surface area contributed by atoms with Gasteiger partial charge in [-0.2, -0.15) is 0 Å². The summed E-state index contributed by atoms with van der Waals surface area (Å²) in [5, 5.41) is 9.67. The zero-order valence-corrected chi connectivity index (χ0v) is 15.6. The monoisotopic (exact) mass is 376 g/mol. The molecule has 4 rings (SSSR count). The van der Waals surface area contributed by atoms with Gasteiger partial charge in [-0.25, -0.2) is 9.89 Å².